The van der Waals surface area contributed by atoms with Gasteiger partial charge in [0.25, 0.3) is 0 Å². The molecule has 0 saturated carbocycles. The molecule has 152 valence electrons. The number of benzene rings is 2. The molecule has 0 unspecified atom stereocenters. The number of nitriles is 1. The molecule has 1 amide bonds. The van der Waals surface area contributed by atoms with Crippen molar-refractivity contribution in [2.24, 2.45) is 0 Å². The highest BCUT2D eigenvalue weighted by Gasteiger charge is 2.29. The van der Waals surface area contributed by atoms with Crippen LogP contribution in [-0.4, -0.2) is 50.6 Å². The Kier molecular flexibility index (Phi) is 6.52. The zero-order valence-corrected chi connectivity index (χ0v) is 17.2. The van der Waals surface area contributed by atoms with Gasteiger partial charge < -0.3 is 10.2 Å². The largest absolute Gasteiger partial charge is 0.369 e. The Morgan fingerprint density at radius 2 is 1.79 bits per heavy atom. The van der Waals surface area contributed by atoms with Gasteiger partial charge in [0.1, 0.15) is 5.75 Å². The maximum atomic E-state index is 12.6. The summed E-state index contributed by atoms with van der Waals surface area (Å²) in [5.41, 5.74) is 3.59. The van der Waals surface area contributed by atoms with Gasteiger partial charge in [-0.2, -0.15) is 9.57 Å². The first-order chi connectivity index (χ1) is 13.9. The first-order valence-electron chi connectivity index (χ1n) is 9.42. The minimum atomic E-state index is -3.68. The van der Waals surface area contributed by atoms with Gasteiger partial charge in [-0.25, -0.2) is 8.42 Å². The Balaban J connectivity index is 1.54. The van der Waals surface area contributed by atoms with Gasteiger partial charge in [0.05, 0.1) is 12.5 Å². The van der Waals surface area contributed by atoms with Crippen LogP contribution in [0.25, 0.3) is 0 Å². The zero-order chi connectivity index (χ0) is 20.9. The molecule has 0 atom stereocenters. The lowest BCUT2D eigenvalue weighted by atomic mass is 10.1. The van der Waals surface area contributed by atoms with Crippen LogP contribution in [0.2, 0.25) is 0 Å². The molecule has 1 saturated heterocycles. The fraction of sp³-hybridized carbons (Fsp3) is 0.333. The number of hydrogen-bond donors (Lipinski definition) is 1. The molecule has 0 aliphatic carbocycles. The molecular formula is C21H24N4O3S. The summed E-state index contributed by atoms with van der Waals surface area (Å²) >= 11 is 0. The number of anilines is 2. The van der Waals surface area contributed by atoms with Gasteiger partial charge in [0.2, 0.25) is 15.9 Å². The Morgan fingerprint density at radius 3 is 2.41 bits per heavy atom. The number of sulfonamides is 1. The number of piperazine rings is 1. The third kappa shape index (κ3) is 5.56. The molecule has 1 heterocycles. The lowest BCUT2D eigenvalue weighted by Crippen LogP contribution is -2.50. The van der Waals surface area contributed by atoms with Gasteiger partial charge >= 0.3 is 0 Å². The maximum Gasteiger partial charge on any atom is 0.241 e. The number of carbonyl (C=O) groups excluding carboxylic acids is 1. The van der Waals surface area contributed by atoms with E-state index in [2.05, 4.69) is 22.4 Å². The molecule has 0 spiro atoms. The summed E-state index contributed by atoms with van der Waals surface area (Å²) in [5, 5.41) is 11.3. The smallest absolute Gasteiger partial charge is 0.241 e. The minimum Gasteiger partial charge on any atom is -0.369 e. The summed E-state index contributed by atoms with van der Waals surface area (Å²) in [6, 6.07) is 17.0. The average molecular weight is 413 g/mol. The zero-order valence-electron chi connectivity index (χ0n) is 16.3. The van der Waals surface area contributed by atoms with E-state index in [1.807, 2.05) is 25.1 Å². The minimum absolute atomic E-state index is 0.289. The average Bonchev–Trinajstić information content (AvgIpc) is 2.69. The van der Waals surface area contributed by atoms with E-state index in [1.165, 1.54) is 4.31 Å². The summed E-state index contributed by atoms with van der Waals surface area (Å²) in [6.07, 6.45) is 0.289. The second-order valence-corrected chi connectivity index (χ2v) is 9.03. The van der Waals surface area contributed by atoms with Gasteiger partial charge in [0.15, 0.2) is 0 Å². The molecule has 0 radical (unpaired) electrons. The van der Waals surface area contributed by atoms with Crippen LogP contribution >= 0.6 is 0 Å². The molecular weight excluding hydrogens is 388 g/mol. The number of carbonyl (C=O) groups is 1. The van der Waals surface area contributed by atoms with Gasteiger partial charge in [-0.1, -0.05) is 24.3 Å². The molecule has 0 aromatic heterocycles. The number of nitrogens with one attached hydrogen (secondary N) is 1. The normalized spacial score (nSPS) is 15.0. The third-order valence-electron chi connectivity index (χ3n) is 4.83. The number of hydrogen-bond acceptors (Lipinski definition) is 5. The summed E-state index contributed by atoms with van der Waals surface area (Å²) in [7, 11) is -3.68. The van der Waals surface area contributed by atoms with Crippen molar-refractivity contribution in [1.82, 2.24) is 4.31 Å². The highest BCUT2D eigenvalue weighted by molar-refractivity contribution is 7.89. The van der Waals surface area contributed by atoms with Crippen molar-refractivity contribution in [3.05, 3.63) is 59.7 Å². The van der Waals surface area contributed by atoms with Crippen molar-refractivity contribution in [1.29, 1.82) is 5.26 Å². The van der Waals surface area contributed by atoms with Crippen LogP contribution in [-0.2, 0) is 21.2 Å². The summed E-state index contributed by atoms with van der Waals surface area (Å²) < 4.78 is 26.7. The standard InChI is InChI=1S/C21H24N4O3S/c1-17-3-2-4-20(15-17)24-11-13-25(14-12-24)29(27,28)16-21(26)23-19-7-5-18(6-8-19)9-10-22/h2-8,15H,9,11-14,16H2,1H3,(H,23,26). The van der Waals surface area contributed by atoms with Crippen molar-refractivity contribution >= 4 is 27.3 Å². The van der Waals surface area contributed by atoms with Gasteiger partial charge in [-0.05, 0) is 42.3 Å². The Hall–Kier alpha value is -2.89. The number of amides is 1. The molecule has 1 aliphatic rings. The molecule has 0 bridgehead atoms. The highest BCUT2D eigenvalue weighted by atomic mass is 32.2. The van der Waals surface area contributed by atoms with Crippen molar-refractivity contribution in [2.45, 2.75) is 13.3 Å². The first-order valence-corrected chi connectivity index (χ1v) is 11.0. The fourth-order valence-electron chi connectivity index (χ4n) is 3.30. The molecule has 1 aliphatic heterocycles. The first kappa shape index (κ1) is 20.8. The van der Waals surface area contributed by atoms with Crippen LogP contribution in [0.4, 0.5) is 11.4 Å². The van der Waals surface area contributed by atoms with E-state index < -0.39 is 21.7 Å². The summed E-state index contributed by atoms with van der Waals surface area (Å²) in [4.78, 5) is 14.4. The topological polar surface area (TPSA) is 93.5 Å². The van der Waals surface area contributed by atoms with E-state index in [0.717, 1.165) is 16.8 Å². The van der Waals surface area contributed by atoms with E-state index >= 15 is 0 Å². The third-order valence-corrected chi connectivity index (χ3v) is 6.61. The monoisotopic (exact) mass is 412 g/mol. The van der Waals surface area contributed by atoms with Crippen LogP contribution < -0.4 is 10.2 Å². The number of aryl methyl sites for hydroxylation is 1. The van der Waals surface area contributed by atoms with E-state index in [1.54, 1.807) is 24.3 Å². The maximum absolute atomic E-state index is 12.6. The Morgan fingerprint density at radius 1 is 1.10 bits per heavy atom. The molecule has 2 aromatic rings. The van der Waals surface area contributed by atoms with Gasteiger partial charge in [-0.3, -0.25) is 4.79 Å². The number of nitrogens with zero attached hydrogens (tertiary/aromatic N) is 3. The lowest BCUT2D eigenvalue weighted by Gasteiger charge is -2.35. The second kappa shape index (κ2) is 9.07. The molecule has 1 fully saturated rings. The van der Waals surface area contributed by atoms with Gasteiger partial charge in [0, 0.05) is 37.6 Å². The Bertz CT molecular complexity index is 1000. The number of rotatable bonds is 6. The predicted molar refractivity (Wildman–Crippen MR) is 113 cm³/mol. The van der Waals surface area contributed by atoms with E-state index in [-0.39, 0.29) is 6.42 Å². The summed E-state index contributed by atoms with van der Waals surface area (Å²) in [6.45, 7) is 3.91. The van der Waals surface area contributed by atoms with E-state index in [4.69, 9.17) is 5.26 Å². The molecule has 2 aromatic carbocycles. The van der Waals surface area contributed by atoms with Crippen LogP contribution in [0, 0.1) is 18.3 Å². The molecule has 29 heavy (non-hydrogen) atoms. The fourth-order valence-corrected chi connectivity index (χ4v) is 4.61. The molecule has 8 heteroatoms. The van der Waals surface area contributed by atoms with E-state index in [0.29, 0.717) is 31.9 Å². The lowest BCUT2D eigenvalue weighted by molar-refractivity contribution is -0.113. The van der Waals surface area contributed by atoms with Crippen molar-refractivity contribution < 1.29 is 13.2 Å². The highest BCUT2D eigenvalue weighted by Crippen LogP contribution is 2.19. The predicted octanol–water partition coefficient (Wildman–Crippen LogP) is 2.15. The second-order valence-electron chi connectivity index (χ2n) is 7.06. The van der Waals surface area contributed by atoms with Crippen LogP contribution in [0.3, 0.4) is 0 Å². The van der Waals surface area contributed by atoms with E-state index in [9.17, 15) is 13.2 Å². The quantitative estimate of drug-likeness (QED) is 0.785. The van der Waals surface area contributed by atoms with Crippen molar-refractivity contribution in [2.75, 3.05) is 42.1 Å². The Labute approximate surface area is 171 Å². The van der Waals surface area contributed by atoms with Crippen LogP contribution in [0.1, 0.15) is 11.1 Å². The molecule has 7 nitrogen and oxygen atoms in total. The molecule has 3 rings (SSSR count). The molecule has 1 N–H and O–H groups in total. The SMILES string of the molecule is Cc1cccc(N2CCN(S(=O)(=O)CC(=O)Nc3ccc(CC#N)cc3)CC2)c1. The van der Waals surface area contributed by atoms with Crippen molar-refractivity contribution in [3.63, 3.8) is 0 Å². The van der Waals surface area contributed by atoms with Gasteiger partial charge in [-0.15, -0.1) is 0 Å². The van der Waals surface area contributed by atoms with Crippen LogP contribution in [0.5, 0.6) is 0 Å². The van der Waals surface area contributed by atoms with Crippen molar-refractivity contribution in [3.8, 4) is 6.07 Å². The summed E-state index contributed by atoms with van der Waals surface area (Å²) in [5.74, 6) is -1.16. The van der Waals surface area contributed by atoms with Crippen LogP contribution in [0.15, 0.2) is 48.5 Å².